The molecule has 0 bridgehead atoms. The van der Waals surface area contributed by atoms with E-state index in [1.165, 1.54) is 106 Å². The molecule has 3 aromatic carbocycles. The summed E-state index contributed by atoms with van der Waals surface area (Å²) in [5.74, 6) is -0.674. The molecule has 256 valence electrons. The first-order chi connectivity index (χ1) is 24.9. The molecule has 3 aromatic heterocycles. The highest BCUT2D eigenvalue weighted by molar-refractivity contribution is 7.24. The summed E-state index contributed by atoms with van der Waals surface area (Å²) < 4.78 is 9.73. The molecule has 1 N–H and O–H groups in total. The molecule has 1 aliphatic heterocycles. The number of nitrogens with zero attached hydrogens (tertiary/aromatic N) is 4. The van der Waals surface area contributed by atoms with Gasteiger partial charge in [-0.25, -0.2) is 4.79 Å². The van der Waals surface area contributed by atoms with Gasteiger partial charge in [-0.2, -0.15) is 14.0 Å². The number of benzene rings is 3. The molecule has 4 heterocycles. The van der Waals surface area contributed by atoms with Gasteiger partial charge in [0.15, 0.2) is 0 Å². The Kier molecular flexibility index (Phi) is 9.32. The van der Waals surface area contributed by atoms with E-state index in [9.17, 15) is 15.2 Å². The van der Waals surface area contributed by atoms with Crippen LogP contribution in [0.25, 0.3) is 48.4 Å². The van der Waals surface area contributed by atoms with Gasteiger partial charge < -0.3 is 10.0 Å². The Bertz CT molecular complexity index is 2320. The predicted octanol–water partition coefficient (Wildman–Crippen LogP) is 12.0. The van der Waals surface area contributed by atoms with Gasteiger partial charge in [0.2, 0.25) is 0 Å². The number of carbonyl (C=O) groups is 1. The van der Waals surface area contributed by atoms with Crippen molar-refractivity contribution in [1.29, 1.82) is 5.26 Å². The van der Waals surface area contributed by atoms with Crippen LogP contribution >= 0.6 is 34.4 Å². The standard InChI is InChI=1S/C42H38N4O2S3/c1-3-4-5-6-8-27-23-38(50-41(27)37-20-16-30(49-37)21-28(24-43)42(47)48)33-18-17-31(39-40(33)45-51-44-39)26-13-19-36-34(22-26)32-9-7-10-35(32)46(36)29-14-11-25(2)12-15-29/h11-23,32,35H,3-10H2,1-2H3,(H,47,48)/b28-21+. The Balaban J connectivity index is 1.16. The average Bonchev–Trinajstić information content (AvgIpc) is 3.98. The number of anilines is 2. The van der Waals surface area contributed by atoms with Crippen LogP contribution in [0, 0.1) is 18.3 Å². The van der Waals surface area contributed by atoms with E-state index >= 15 is 0 Å². The number of carboxylic acids is 1. The third-order valence-corrected chi connectivity index (χ3v) is 13.3. The smallest absolute Gasteiger partial charge is 0.346 e. The van der Waals surface area contributed by atoms with Gasteiger partial charge in [-0.05, 0) is 97.8 Å². The van der Waals surface area contributed by atoms with Crippen molar-refractivity contribution in [3.63, 3.8) is 0 Å². The summed E-state index contributed by atoms with van der Waals surface area (Å²) in [5.41, 5.74) is 11.6. The van der Waals surface area contributed by atoms with Crippen LogP contribution in [0.2, 0.25) is 0 Å². The molecule has 6 aromatic rings. The SMILES string of the molecule is CCCCCCc1cc(-c2ccc(-c3ccc4c(c3)C3CCCC3N4c3ccc(C)cc3)c3nsnc23)sc1-c1ccc(/C=C(\C#N)C(=O)O)s1. The fraction of sp³-hybridized carbons (Fsp3) is 0.286. The normalized spacial score (nSPS) is 16.8. The molecule has 1 fully saturated rings. The van der Waals surface area contributed by atoms with E-state index < -0.39 is 5.97 Å². The lowest BCUT2D eigenvalue weighted by molar-refractivity contribution is -0.132. The Hall–Kier alpha value is -4.62. The van der Waals surface area contributed by atoms with E-state index in [1.54, 1.807) is 17.4 Å². The van der Waals surface area contributed by atoms with Gasteiger partial charge in [0.1, 0.15) is 22.7 Å². The second-order valence-electron chi connectivity index (χ2n) is 13.7. The fourth-order valence-electron chi connectivity index (χ4n) is 7.90. The van der Waals surface area contributed by atoms with Crippen LogP contribution in [0.3, 0.4) is 0 Å². The maximum atomic E-state index is 11.5. The zero-order chi connectivity index (χ0) is 35.1. The van der Waals surface area contributed by atoms with Crippen molar-refractivity contribution < 1.29 is 9.90 Å². The molecule has 0 radical (unpaired) electrons. The number of rotatable bonds is 11. The topological polar surface area (TPSA) is 90.1 Å². The van der Waals surface area contributed by atoms with Crippen molar-refractivity contribution in [3.05, 3.63) is 99.9 Å². The number of aryl methyl sites for hydroxylation is 2. The van der Waals surface area contributed by atoms with Crippen molar-refractivity contribution in [1.82, 2.24) is 8.75 Å². The first kappa shape index (κ1) is 33.5. The van der Waals surface area contributed by atoms with E-state index in [0.29, 0.717) is 12.0 Å². The van der Waals surface area contributed by atoms with Crippen molar-refractivity contribution in [2.75, 3.05) is 4.90 Å². The summed E-state index contributed by atoms with van der Waals surface area (Å²) in [6, 6.07) is 29.0. The summed E-state index contributed by atoms with van der Waals surface area (Å²) >= 11 is 4.55. The van der Waals surface area contributed by atoms with Gasteiger partial charge in [-0.1, -0.05) is 68.5 Å². The number of carboxylic acid groups (broad SMARTS) is 1. The number of hydrogen-bond donors (Lipinski definition) is 1. The van der Waals surface area contributed by atoms with Crippen LogP contribution in [-0.4, -0.2) is 25.9 Å². The third kappa shape index (κ3) is 6.31. The summed E-state index contributed by atoms with van der Waals surface area (Å²) in [6.07, 6.45) is 10.8. The monoisotopic (exact) mass is 726 g/mol. The molecule has 2 aliphatic rings. The van der Waals surface area contributed by atoms with E-state index in [-0.39, 0.29) is 5.57 Å². The minimum atomic E-state index is -1.21. The van der Waals surface area contributed by atoms with Crippen molar-refractivity contribution in [2.24, 2.45) is 0 Å². The van der Waals surface area contributed by atoms with Gasteiger partial charge in [-0.15, -0.1) is 22.7 Å². The third-order valence-electron chi connectivity index (χ3n) is 10.4. The minimum Gasteiger partial charge on any atom is -0.477 e. The maximum absolute atomic E-state index is 11.5. The molecular formula is C42H38N4O2S3. The second-order valence-corrected chi connectivity index (χ2v) is 16.4. The van der Waals surface area contributed by atoms with Gasteiger partial charge in [-0.3, -0.25) is 0 Å². The molecule has 2 unspecified atom stereocenters. The number of unbranched alkanes of at least 4 members (excludes halogenated alkanes) is 3. The molecule has 6 nitrogen and oxygen atoms in total. The van der Waals surface area contributed by atoms with Gasteiger partial charge in [0.25, 0.3) is 0 Å². The van der Waals surface area contributed by atoms with E-state index in [1.807, 2.05) is 12.1 Å². The molecular weight excluding hydrogens is 689 g/mol. The number of aliphatic carboxylic acids is 1. The zero-order valence-corrected chi connectivity index (χ0v) is 31.1. The molecule has 51 heavy (non-hydrogen) atoms. The number of hydrogen-bond acceptors (Lipinski definition) is 8. The Morgan fingerprint density at radius 2 is 1.75 bits per heavy atom. The Labute approximate surface area is 310 Å². The highest BCUT2D eigenvalue weighted by Gasteiger charge is 2.42. The van der Waals surface area contributed by atoms with Crippen molar-refractivity contribution >= 4 is 68.9 Å². The Morgan fingerprint density at radius 1 is 0.941 bits per heavy atom. The van der Waals surface area contributed by atoms with Crippen LogP contribution in [0.1, 0.15) is 79.4 Å². The highest BCUT2D eigenvalue weighted by atomic mass is 32.1. The maximum Gasteiger partial charge on any atom is 0.346 e. The number of fused-ring (bicyclic) bond motifs is 4. The quantitative estimate of drug-likeness (QED) is 0.0812. The van der Waals surface area contributed by atoms with E-state index in [0.717, 1.165) is 49.6 Å². The molecule has 2 atom stereocenters. The molecule has 9 heteroatoms. The van der Waals surface area contributed by atoms with Gasteiger partial charge in [0.05, 0.1) is 11.7 Å². The lowest BCUT2D eigenvalue weighted by Gasteiger charge is -2.27. The molecule has 1 saturated carbocycles. The number of aromatic nitrogens is 2. The predicted molar refractivity (Wildman–Crippen MR) is 212 cm³/mol. The van der Waals surface area contributed by atoms with Crippen LogP contribution in [-0.2, 0) is 11.2 Å². The lowest BCUT2D eigenvalue weighted by atomic mass is 9.93. The highest BCUT2D eigenvalue weighted by Crippen LogP contribution is 2.53. The number of nitriles is 1. The summed E-state index contributed by atoms with van der Waals surface area (Å²) in [4.78, 5) is 18.2. The Morgan fingerprint density at radius 3 is 2.53 bits per heavy atom. The summed E-state index contributed by atoms with van der Waals surface area (Å²) in [7, 11) is 0. The van der Waals surface area contributed by atoms with Crippen LogP contribution in [0.15, 0.2) is 78.4 Å². The molecule has 1 aliphatic carbocycles. The molecule has 8 rings (SSSR count). The second kappa shape index (κ2) is 14.2. The number of thiophene rings is 2. The van der Waals surface area contributed by atoms with E-state index in [4.69, 9.17) is 8.75 Å². The molecule has 0 amide bonds. The molecule has 0 saturated heterocycles. The zero-order valence-electron chi connectivity index (χ0n) is 28.7. The fourth-order valence-corrected chi connectivity index (χ4v) is 10.8. The molecule has 0 spiro atoms. The minimum absolute atomic E-state index is 0.261. The van der Waals surface area contributed by atoms with Crippen molar-refractivity contribution in [2.45, 2.75) is 77.2 Å². The van der Waals surface area contributed by atoms with Crippen LogP contribution in [0.4, 0.5) is 11.4 Å². The first-order valence-electron chi connectivity index (χ1n) is 17.8. The largest absolute Gasteiger partial charge is 0.477 e. The first-order valence-corrected chi connectivity index (χ1v) is 20.1. The van der Waals surface area contributed by atoms with Gasteiger partial charge in [0, 0.05) is 54.0 Å². The summed E-state index contributed by atoms with van der Waals surface area (Å²) in [5, 5.41) is 18.7. The summed E-state index contributed by atoms with van der Waals surface area (Å²) in [6.45, 7) is 4.37. The average molecular weight is 727 g/mol. The van der Waals surface area contributed by atoms with Crippen LogP contribution in [0.5, 0.6) is 0 Å². The van der Waals surface area contributed by atoms with Crippen LogP contribution < -0.4 is 4.90 Å². The lowest BCUT2D eigenvalue weighted by Crippen LogP contribution is -2.26. The van der Waals surface area contributed by atoms with Crippen molar-refractivity contribution in [3.8, 4) is 37.4 Å². The van der Waals surface area contributed by atoms with Gasteiger partial charge >= 0.3 is 5.97 Å². The van der Waals surface area contributed by atoms with E-state index in [2.05, 4.69) is 79.4 Å².